The first kappa shape index (κ1) is 15.0. The highest BCUT2D eigenvalue weighted by molar-refractivity contribution is 7.89. The summed E-state index contributed by atoms with van der Waals surface area (Å²) >= 11 is 0. The molecule has 1 fully saturated rings. The van der Waals surface area contributed by atoms with Crippen LogP contribution in [0.25, 0.3) is 0 Å². The zero-order chi connectivity index (χ0) is 15.0. The fourth-order valence-electron chi connectivity index (χ4n) is 1.81. The average Bonchev–Trinajstić information content (AvgIpc) is 3.09. The molecule has 1 saturated carbocycles. The van der Waals surface area contributed by atoms with Crippen LogP contribution >= 0.6 is 0 Å². The lowest BCUT2D eigenvalue weighted by molar-refractivity contribution is -0.160. The molecule has 0 saturated heterocycles. The Hall–Kier alpha value is -1.35. The molecule has 9 heteroatoms. The van der Waals surface area contributed by atoms with Crippen LogP contribution in [-0.2, 0) is 10.0 Å². The molecular formula is C11H14F3N3O2S. The maximum Gasteiger partial charge on any atom is 0.407 e. The Balaban J connectivity index is 2.33. The predicted molar refractivity (Wildman–Crippen MR) is 66.7 cm³/mol. The average molecular weight is 309 g/mol. The number of halogens is 3. The molecule has 0 atom stereocenters. The molecule has 0 amide bonds. The first-order valence-corrected chi connectivity index (χ1v) is 7.49. The Morgan fingerprint density at radius 2 is 2.05 bits per heavy atom. The van der Waals surface area contributed by atoms with E-state index in [1.54, 1.807) is 11.6 Å². The van der Waals surface area contributed by atoms with Crippen LogP contribution in [-0.4, -0.2) is 31.7 Å². The number of sulfonamides is 1. The second kappa shape index (κ2) is 4.88. The number of rotatable bonds is 5. The van der Waals surface area contributed by atoms with Crippen LogP contribution in [0.5, 0.6) is 0 Å². The highest BCUT2D eigenvalue weighted by Gasteiger charge is 2.65. The number of pyridine rings is 1. The lowest BCUT2D eigenvalue weighted by Crippen LogP contribution is -2.47. The Bertz CT molecular complexity index is 597. The minimum Gasteiger partial charge on any atom is -0.384 e. The molecule has 1 aromatic heterocycles. The fraction of sp³-hybridized carbons (Fsp3) is 0.545. The van der Waals surface area contributed by atoms with E-state index in [0.29, 0.717) is 6.54 Å². The van der Waals surface area contributed by atoms with Gasteiger partial charge in [-0.3, -0.25) is 4.98 Å². The van der Waals surface area contributed by atoms with Crippen molar-refractivity contribution >= 4 is 15.7 Å². The Labute approximate surface area is 114 Å². The third kappa shape index (κ3) is 2.73. The normalized spacial score (nSPS) is 17.8. The summed E-state index contributed by atoms with van der Waals surface area (Å²) in [7, 11) is -4.29. The molecule has 2 rings (SSSR count). The van der Waals surface area contributed by atoms with E-state index >= 15 is 0 Å². The molecule has 20 heavy (non-hydrogen) atoms. The molecule has 0 aliphatic heterocycles. The number of alkyl halides is 3. The van der Waals surface area contributed by atoms with Crippen LogP contribution in [0.2, 0.25) is 0 Å². The van der Waals surface area contributed by atoms with E-state index < -0.39 is 21.7 Å². The van der Waals surface area contributed by atoms with E-state index in [9.17, 15) is 21.6 Å². The van der Waals surface area contributed by atoms with E-state index in [1.165, 1.54) is 12.3 Å². The third-order valence-electron chi connectivity index (χ3n) is 3.06. The van der Waals surface area contributed by atoms with E-state index in [1.807, 2.05) is 0 Å². The molecule has 0 aromatic carbocycles. The lowest BCUT2D eigenvalue weighted by Gasteiger charge is -2.21. The van der Waals surface area contributed by atoms with Crippen molar-refractivity contribution in [2.75, 3.05) is 11.9 Å². The van der Waals surface area contributed by atoms with Gasteiger partial charge < -0.3 is 5.32 Å². The molecule has 1 aliphatic rings. The maximum atomic E-state index is 12.8. The molecule has 1 aliphatic carbocycles. The van der Waals surface area contributed by atoms with Gasteiger partial charge in [-0.15, -0.1) is 0 Å². The van der Waals surface area contributed by atoms with Gasteiger partial charge in [0.25, 0.3) is 0 Å². The molecule has 112 valence electrons. The maximum absolute atomic E-state index is 12.8. The molecule has 1 aromatic rings. The van der Waals surface area contributed by atoms with Crippen molar-refractivity contribution in [2.24, 2.45) is 0 Å². The van der Waals surface area contributed by atoms with Gasteiger partial charge in [-0.2, -0.15) is 17.9 Å². The molecule has 0 bridgehead atoms. The predicted octanol–water partition coefficient (Wildman–Crippen LogP) is 1.89. The molecular weight excluding hydrogens is 295 g/mol. The van der Waals surface area contributed by atoms with Crippen molar-refractivity contribution in [2.45, 2.75) is 36.4 Å². The van der Waals surface area contributed by atoms with Gasteiger partial charge in [0.05, 0.1) is 5.69 Å². The van der Waals surface area contributed by atoms with Crippen LogP contribution in [0.1, 0.15) is 19.8 Å². The van der Waals surface area contributed by atoms with Gasteiger partial charge >= 0.3 is 6.18 Å². The molecule has 5 nitrogen and oxygen atoms in total. The van der Waals surface area contributed by atoms with Crippen LogP contribution < -0.4 is 10.0 Å². The Morgan fingerprint density at radius 3 is 2.55 bits per heavy atom. The molecule has 0 spiro atoms. The number of nitrogens with one attached hydrogen (secondary N) is 2. The van der Waals surface area contributed by atoms with Crippen molar-refractivity contribution in [3.63, 3.8) is 0 Å². The largest absolute Gasteiger partial charge is 0.407 e. The van der Waals surface area contributed by atoms with E-state index in [-0.39, 0.29) is 23.4 Å². The highest BCUT2D eigenvalue weighted by atomic mass is 32.2. The quantitative estimate of drug-likeness (QED) is 0.871. The summed E-state index contributed by atoms with van der Waals surface area (Å²) in [6.07, 6.45) is -2.68. The SMILES string of the molecule is CCNc1ccncc1S(=O)(=O)NC1(C(F)(F)F)CC1. The monoisotopic (exact) mass is 309 g/mol. The lowest BCUT2D eigenvalue weighted by atomic mass is 10.3. The minimum absolute atomic E-state index is 0.230. The number of hydrogen-bond donors (Lipinski definition) is 2. The summed E-state index contributed by atoms with van der Waals surface area (Å²) in [5, 5.41) is 2.79. The number of anilines is 1. The first-order valence-electron chi connectivity index (χ1n) is 6.00. The Kier molecular flexibility index (Phi) is 3.67. The van der Waals surface area contributed by atoms with Gasteiger partial charge in [0.2, 0.25) is 10.0 Å². The standard InChI is InChI=1S/C11H14F3N3O2S/c1-2-16-8-3-6-15-7-9(8)20(18,19)17-10(4-5-10)11(12,13)14/h3,6-7,17H,2,4-5H2,1H3,(H,15,16). The van der Waals surface area contributed by atoms with Gasteiger partial charge in [0, 0.05) is 18.9 Å². The topological polar surface area (TPSA) is 71.1 Å². The van der Waals surface area contributed by atoms with E-state index in [4.69, 9.17) is 0 Å². The van der Waals surface area contributed by atoms with Gasteiger partial charge in [0.1, 0.15) is 10.4 Å². The second-order valence-electron chi connectivity index (χ2n) is 4.59. The van der Waals surface area contributed by atoms with Gasteiger partial charge in [-0.05, 0) is 25.8 Å². The van der Waals surface area contributed by atoms with Crippen molar-refractivity contribution in [1.82, 2.24) is 9.71 Å². The summed E-state index contributed by atoms with van der Waals surface area (Å²) < 4.78 is 64.5. The highest BCUT2D eigenvalue weighted by Crippen LogP contribution is 2.49. The van der Waals surface area contributed by atoms with Gasteiger partial charge in [0.15, 0.2) is 0 Å². The first-order chi connectivity index (χ1) is 9.22. The Morgan fingerprint density at radius 1 is 1.40 bits per heavy atom. The van der Waals surface area contributed by atoms with Crippen LogP contribution in [0.3, 0.4) is 0 Å². The summed E-state index contributed by atoms with van der Waals surface area (Å²) in [5.74, 6) is 0. The van der Waals surface area contributed by atoms with Crippen LogP contribution in [0.4, 0.5) is 18.9 Å². The number of hydrogen-bond acceptors (Lipinski definition) is 4. The van der Waals surface area contributed by atoms with E-state index in [0.717, 1.165) is 6.20 Å². The minimum atomic E-state index is -4.60. The molecule has 0 radical (unpaired) electrons. The summed E-state index contributed by atoms with van der Waals surface area (Å²) in [4.78, 5) is 3.39. The van der Waals surface area contributed by atoms with Crippen molar-refractivity contribution in [1.29, 1.82) is 0 Å². The zero-order valence-electron chi connectivity index (χ0n) is 10.7. The summed E-state index contributed by atoms with van der Waals surface area (Å²) in [6, 6.07) is 1.41. The number of nitrogens with zero attached hydrogens (tertiary/aromatic N) is 1. The third-order valence-corrected chi connectivity index (χ3v) is 4.63. The van der Waals surface area contributed by atoms with Crippen molar-refractivity contribution in [3.8, 4) is 0 Å². The van der Waals surface area contributed by atoms with Crippen LogP contribution in [0, 0.1) is 0 Å². The van der Waals surface area contributed by atoms with Crippen molar-refractivity contribution in [3.05, 3.63) is 18.5 Å². The van der Waals surface area contributed by atoms with E-state index in [2.05, 4.69) is 10.3 Å². The fourth-order valence-corrected chi connectivity index (χ4v) is 3.38. The molecule has 1 heterocycles. The summed E-state index contributed by atoms with van der Waals surface area (Å²) in [5.41, 5.74) is -2.10. The zero-order valence-corrected chi connectivity index (χ0v) is 11.5. The summed E-state index contributed by atoms with van der Waals surface area (Å²) in [6.45, 7) is 2.19. The second-order valence-corrected chi connectivity index (χ2v) is 6.24. The van der Waals surface area contributed by atoms with Crippen LogP contribution in [0.15, 0.2) is 23.4 Å². The van der Waals surface area contributed by atoms with Crippen molar-refractivity contribution < 1.29 is 21.6 Å². The van der Waals surface area contributed by atoms with Gasteiger partial charge in [-0.25, -0.2) is 8.42 Å². The number of aromatic nitrogens is 1. The molecule has 0 unspecified atom stereocenters. The molecule has 2 N–H and O–H groups in total. The van der Waals surface area contributed by atoms with Gasteiger partial charge in [-0.1, -0.05) is 0 Å². The smallest absolute Gasteiger partial charge is 0.384 e.